The first-order valence-electron chi connectivity index (χ1n) is 10.1. The summed E-state index contributed by atoms with van der Waals surface area (Å²) in [6.45, 7) is 2.07. The Morgan fingerprint density at radius 1 is 0.969 bits per heavy atom. The summed E-state index contributed by atoms with van der Waals surface area (Å²) in [5.74, 6) is -1.01. The third-order valence-electron chi connectivity index (χ3n) is 5.19. The van der Waals surface area contributed by atoms with Gasteiger partial charge in [-0.3, -0.25) is 9.52 Å². The van der Waals surface area contributed by atoms with E-state index in [2.05, 4.69) is 4.72 Å². The number of amides is 1. The molecule has 0 saturated carbocycles. The van der Waals surface area contributed by atoms with Crippen LogP contribution in [0.5, 0.6) is 0 Å². The number of ether oxygens (including phenoxy) is 1. The SMILES string of the molecule is CC(OC(=O)c1cccc(NS(=O)(=O)c2ccccc2)c1)C(=O)N1CCc2ccccc21. The minimum Gasteiger partial charge on any atom is -0.449 e. The summed E-state index contributed by atoms with van der Waals surface area (Å²) in [4.78, 5) is 27.2. The fourth-order valence-electron chi connectivity index (χ4n) is 3.59. The second-order valence-corrected chi connectivity index (χ2v) is 9.10. The number of anilines is 2. The molecule has 1 amide bonds. The summed E-state index contributed by atoms with van der Waals surface area (Å²) < 4.78 is 32.9. The molecule has 32 heavy (non-hydrogen) atoms. The monoisotopic (exact) mass is 450 g/mol. The molecular weight excluding hydrogens is 428 g/mol. The van der Waals surface area contributed by atoms with Crippen molar-refractivity contribution in [1.82, 2.24) is 0 Å². The van der Waals surface area contributed by atoms with Crippen molar-refractivity contribution in [3.63, 3.8) is 0 Å². The van der Waals surface area contributed by atoms with Crippen LogP contribution >= 0.6 is 0 Å². The zero-order valence-electron chi connectivity index (χ0n) is 17.4. The van der Waals surface area contributed by atoms with E-state index in [1.165, 1.54) is 37.3 Å². The number of carbonyl (C=O) groups excluding carboxylic acids is 2. The van der Waals surface area contributed by atoms with Gasteiger partial charge in [-0.25, -0.2) is 13.2 Å². The molecular formula is C24H22N2O5S. The predicted molar refractivity (Wildman–Crippen MR) is 121 cm³/mol. The number of para-hydroxylation sites is 1. The smallest absolute Gasteiger partial charge is 0.338 e. The van der Waals surface area contributed by atoms with Crippen LogP contribution in [0.1, 0.15) is 22.8 Å². The van der Waals surface area contributed by atoms with Gasteiger partial charge >= 0.3 is 5.97 Å². The number of rotatable bonds is 6. The van der Waals surface area contributed by atoms with Crippen molar-refractivity contribution in [3.05, 3.63) is 90.0 Å². The van der Waals surface area contributed by atoms with Crippen LogP contribution < -0.4 is 9.62 Å². The summed E-state index contributed by atoms with van der Waals surface area (Å²) >= 11 is 0. The van der Waals surface area contributed by atoms with Crippen molar-refractivity contribution in [2.75, 3.05) is 16.2 Å². The lowest BCUT2D eigenvalue weighted by molar-refractivity contribution is -0.126. The highest BCUT2D eigenvalue weighted by atomic mass is 32.2. The molecule has 1 atom stereocenters. The van der Waals surface area contributed by atoms with Gasteiger partial charge < -0.3 is 9.64 Å². The maximum atomic E-state index is 12.8. The van der Waals surface area contributed by atoms with E-state index >= 15 is 0 Å². The second kappa shape index (κ2) is 8.84. The van der Waals surface area contributed by atoms with Gasteiger partial charge in [-0.2, -0.15) is 0 Å². The van der Waals surface area contributed by atoms with Gasteiger partial charge in [-0.05, 0) is 55.3 Å². The Labute approximate surface area is 186 Å². The molecule has 0 radical (unpaired) electrons. The van der Waals surface area contributed by atoms with Gasteiger partial charge in [0.25, 0.3) is 15.9 Å². The number of nitrogens with zero attached hydrogens (tertiary/aromatic N) is 1. The predicted octanol–water partition coefficient (Wildman–Crippen LogP) is 3.62. The summed E-state index contributed by atoms with van der Waals surface area (Å²) in [6, 6.07) is 21.5. The van der Waals surface area contributed by atoms with Gasteiger partial charge in [0, 0.05) is 17.9 Å². The van der Waals surface area contributed by atoms with E-state index in [-0.39, 0.29) is 22.1 Å². The van der Waals surface area contributed by atoms with Gasteiger partial charge in [0.2, 0.25) is 0 Å². The van der Waals surface area contributed by atoms with Gasteiger partial charge in [-0.1, -0.05) is 42.5 Å². The summed E-state index contributed by atoms with van der Waals surface area (Å²) in [7, 11) is -3.79. The third kappa shape index (κ3) is 4.50. The van der Waals surface area contributed by atoms with Gasteiger partial charge in [0.15, 0.2) is 6.10 Å². The molecule has 7 nitrogen and oxygen atoms in total. The fraction of sp³-hybridized carbons (Fsp3) is 0.167. The number of nitrogens with one attached hydrogen (secondary N) is 1. The molecule has 0 fully saturated rings. The average Bonchev–Trinajstić information content (AvgIpc) is 3.23. The number of carbonyl (C=O) groups is 2. The first-order chi connectivity index (χ1) is 15.3. The van der Waals surface area contributed by atoms with Crippen LogP contribution in [0.15, 0.2) is 83.8 Å². The van der Waals surface area contributed by atoms with Crippen LogP contribution in [-0.4, -0.2) is 32.9 Å². The van der Waals surface area contributed by atoms with Crippen LogP contribution in [0.25, 0.3) is 0 Å². The average molecular weight is 451 g/mol. The van der Waals surface area contributed by atoms with Crippen molar-refractivity contribution >= 4 is 33.3 Å². The molecule has 8 heteroatoms. The van der Waals surface area contributed by atoms with E-state index in [1.807, 2.05) is 24.3 Å². The minimum absolute atomic E-state index is 0.109. The minimum atomic E-state index is -3.79. The molecule has 1 unspecified atom stereocenters. The number of sulfonamides is 1. The normalized spacial score (nSPS) is 13.8. The molecule has 0 aromatic heterocycles. The molecule has 0 spiro atoms. The van der Waals surface area contributed by atoms with E-state index in [9.17, 15) is 18.0 Å². The highest BCUT2D eigenvalue weighted by Crippen LogP contribution is 2.28. The van der Waals surface area contributed by atoms with Crippen LogP contribution in [0.2, 0.25) is 0 Å². The van der Waals surface area contributed by atoms with Crippen molar-refractivity contribution in [3.8, 4) is 0 Å². The Hall–Kier alpha value is -3.65. The number of hydrogen-bond acceptors (Lipinski definition) is 5. The van der Waals surface area contributed by atoms with Gasteiger partial charge in [0.05, 0.1) is 10.5 Å². The maximum absolute atomic E-state index is 12.8. The molecule has 0 bridgehead atoms. The number of esters is 1. The highest BCUT2D eigenvalue weighted by molar-refractivity contribution is 7.92. The first-order valence-corrected chi connectivity index (χ1v) is 11.6. The molecule has 1 aliphatic heterocycles. The standard InChI is InChI=1S/C24H22N2O5S/c1-17(23(27)26-15-14-18-8-5-6-13-22(18)26)31-24(28)19-9-7-10-20(16-19)25-32(29,30)21-11-3-2-4-12-21/h2-13,16-17,25H,14-15H2,1H3. The van der Waals surface area contributed by atoms with E-state index < -0.39 is 22.1 Å². The zero-order valence-corrected chi connectivity index (χ0v) is 18.2. The lowest BCUT2D eigenvalue weighted by Gasteiger charge is -2.21. The van der Waals surface area contributed by atoms with Crippen LogP contribution in [-0.2, 0) is 26.0 Å². The molecule has 0 saturated heterocycles. The molecule has 1 N–H and O–H groups in total. The van der Waals surface area contributed by atoms with Crippen molar-refractivity contribution < 1.29 is 22.7 Å². The van der Waals surface area contributed by atoms with Gasteiger partial charge in [-0.15, -0.1) is 0 Å². The summed E-state index contributed by atoms with van der Waals surface area (Å²) in [5.41, 5.74) is 2.27. The first kappa shape index (κ1) is 21.6. The summed E-state index contributed by atoms with van der Waals surface area (Å²) in [6.07, 6.45) is -0.232. The van der Waals surface area contributed by atoms with Crippen LogP contribution in [0.3, 0.4) is 0 Å². The second-order valence-electron chi connectivity index (χ2n) is 7.42. The molecule has 0 aliphatic carbocycles. The van der Waals surface area contributed by atoms with Crippen molar-refractivity contribution in [2.24, 2.45) is 0 Å². The lowest BCUT2D eigenvalue weighted by Crippen LogP contribution is -2.39. The molecule has 1 aliphatic rings. The van der Waals surface area contributed by atoms with E-state index in [0.717, 1.165) is 17.7 Å². The zero-order chi connectivity index (χ0) is 22.7. The Balaban J connectivity index is 1.44. The third-order valence-corrected chi connectivity index (χ3v) is 6.59. The van der Waals surface area contributed by atoms with Crippen LogP contribution in [0, 0.1) is 0 Å². The van der Waals surface area contributed by atoms with E-state index in [4.69, 9.17) is 4.74 Å². The Morgan fingerprint density at radius 3 is 2.47 bits per heavy atom. The van der Waals surface area contributed by atoms with E-state index in [1.54, 1.807) is 29.2 Å². The Morgan fingerprint density at radius 2 is 1.69 bits per heavy atom. The molecule has 4 rings (SSSR count). The van der Waals surface area contributed by atoms with Crippen molar-refractivity contribution in [1.29, 1.82) is 0 Å². The molecule has 3 aromatic carbocycles. The Bertz CT molecular complexity index is 1260. The number of benzene rings is 3. The Kier molecular flexibility index (Phi) is 5.96. The molecule has 3 aromatic rings. The molecule has 164 valence electrons. The topological polar surface area (TPSA) is 92.8 Å². The quantitative estimate of drug-likeness (QED) is 0.579. The van der Waals surface area contributed by atoms with Crippen molar-refractivity contribution in [2.45, 2.75) is 24.3 Å². The van der Waals surface area contributed by atoms with Gasteiger partial charge in [0.1, 0.15) is 0 Å². The lowest BCUT2D eigenvalue weighted by atomic mass is 10.2. The largest absolute Gasteiger partial charge is 0.449 e. The molecule has 1 heterocycles. The number of fused-ring (bicyclic) bond motifs is 1. The maximum Gasteiger partial charge on any atom is 0.338 e. The number of hydrogen-bond donors (Lipinski definition) is 1. The fourth-order valence-corrected chi connectivity index (χ4v) is 4.66. The summed E-state index contributed by atoms with van der Waals surface area (Å²) in [5, 5.41) is 0. The van der Waals surface area contributed by atoms with E-state index in [0.29, 0.717) is 6.54 Å². The highest BCUT2D eigenvalue weighted by Gasteiger charge is 2.30. The van der Waals surface area contributed by atoms with Crippen LogP contribution in [0.4, 0.5) is 11.4 Å².